The molecule has 328 valence electrons. The molecular weight excluding hydrogens is 917 g/mol. The van der Waals surface area contributed by atoms with E-state index in [-0.39, 0.29) is 16.9 Å². The van der Waals surface area contributed by atoms with Crippen LogP contribution in [0.2, 0.25) is 0 Å². The average Bonchev–Trinajstić information content (AvgIpc) is 2.45. The van der Waals surface area contributed by atoms with Gasteiger partial charge >= 0.3 is 0 Å². The molecule has 1 fully saturated rings. The van der Waals surface area contributed by atoms with Crippen molar-refractivity contribution in [1.29, 1.82) is 0 Å². The molecule has 4 aliphatic carbocycles. The minimum atomic E-state index is -0.265. The fourth-order valence-corrected chi connectivity index (χ4v) is 27.1. The zero-order valence-electron chi connectivity index (χ0n) is 40.2. The first-order valence-corrected chi connectivity index (χ1v) is 29.3. The highest BCUT2D eigenvalue weighted by Crippen LogP contribution is 2.86. The van der Waals surface area contributed by atoms with Crippen molar-refractivity contribution in [1.82, 2.24) is 4.98 Å². The van der Waals surface area contributed by atoms with E-state index in [1.165, 1.54) is 44.2 Å². The number of rotatable bonds is 7. The van der Waals surface area contributed by atoms with Crippen LogP contribution in [-0.2, 0) is 10.8 Å². The van der Waals surface area contributed by atoms with E-state index < -0.39 is 0 Å². The third-order valence-electron chi connectivity index (χ3n) is 27.4. The van der Waals surface area contributed by atoms with Crippen LogP contribution in [0.1, 0.15) is 67.7 Å². The first-order chi connectivity index (χ1) is 37.9. The highest BCUT2D eigenvalue weighted by atomic mass is 15.2. The van der Waals surface area contributed by atoms with E-state index in [9.17, 15) is 0 Å². The molecule has 28 aromatic carbocycles. The molecule has 1 aliphatic heterocycles. The van der Waals surface area contributed by atoms with Crippen molar-refractivity contribution < 1.29 is 0 Å². The van der Waals surface area contributed by atoms with Crippen molar-refractivity contribution in [2.75, 3.05) is 11.4 Å². The SMILES string of the molecule is CCCCCCCC1N(c2cccnc2)CC23c4c5c6c7c8c9c(c%10c%11c2c2c4c4c%12c5c5c6c6c8c8c%13c9c9c%10c%10c%11c%11c2c2c4c4c%12c%12c5c5c6c8c6c8c%13c9c9c%10c%10c%11c2c2c4c4c%12c5c6c5c8c9c%10c2c45)C713. The second kappa shape index (κ2) is 7.22. The molecule has 0 radical (unpaired) electrons. The van der Waals surface area contributed by atoms with Crippen LogP contribution in [0.15, 0.2) is 24.5 Å². The number of benzene rings is 18. The summed E-state index contributed by atoms with van der Waals surface area (Å²) in [4.78, 5) is 8.13. The van der Waals surface area contributed by atoms with E-state index >= 15 is 0 Å². The van der Waals surface area contributed by atoms with Gasteiger partial charge in [0.2, 0.25) is 0 Å². The lowest BCUT2D eigenvalue weighted by molar-refractivity contribution is 0.341. The van der Waals surface area contributed by atoms with Gasteiger partial charge in [-0.1, -0.05) is 39.0 Å². The van der Waals surface area contributed by atoms with Gasteiger partial charge < -0.3 is 4.90 Å². The maximum absolute atomic E-state index is 5.06. The molecule has 1 unspecified atom stereocenters. The molecule has 0 bridgehead atoms. The van der Waals surface area contributed by atoms with Crippen LogP contribution >= 0.6 is 0 Å². The molecule has 1 saturated heterocycles. The Hall–Kier alpha value is -8.59. The molecule has 2 heterocycles. The van der Waals surface area contributed by atoms with Crippen LogP contribution in [0.4, 0.5) is 5.69 Å². The van der Waals surface area contributed by atoms with Crippen LogP contribution in [-0.4, -0.2) is 17.6 Å². The number of pyridine rings is 1. The van der Waals surface area contributed by atoms with E-state index in [1.54, 1.807) is 302 Å². The highest BCUT2D eigenvalue weighted by molar-refractivity contribution is 6.82. The molecule has 1 atom stereocenters. The molecule has 5 aliphatic rings. The Morgan fingerprint density at radius 2 is 0.605 bits per heavy atom. The van der Waals surface area contributed by atoms with Gasteiger partial charge in [-0.15, -0.1) is 0 Å². The fraction of sp³-hybridized carbons (Fsp3) is 0.149. The number of aromatic nitrogens is 1. The Morgan fingerprint density at radius 1 is 0.342 bits per heavy atom. The Morgan fingerprint density at radius 3 is 0.868 bits per heavy atom. The first-order valence-electron chi connectivity index (χ1n) is 29.3. The van der Waals surface area contributed by atoms with Gasteiger partial charge in [-0.25, -0.2) is 0 Å². The lowest BCUT2D eigenvalue weighted by atomic mass is 9.48. The normalized spacial score (nSPS) is 22.8. The molecule has 76 heavy (non-hydrogen) atoms. The van der Waals surface area contributed by atoms with Crippen LogP contribution in [0.5, 0.6) is 0 Å². The smallest absolute Gasteiger partial charge is 0.0586 e. The first kappa shape index (κ1) is 30.1. The van der Waals surface area contributed by atoms with E-state index in [0.717, 1.165) is 6.54 Å². The van der Waals surface area contributed by atoms with Gasteiger partial charge in [-0.2, -0.15) is 0 Å². The van der Waals surface area contributed by atoms with Crippen LogP contribution in [0.3, 0.4) is 0 Å². The van der Waals surface area contributed by atoms with Crippen molar-refractivity contribution in [3.63, 3.8) is 0 Å². The fourth-order valence-electron chi connectivity index (χ4n) is 27.1. The molecule has 2 heteroatoms. The summed E-state index contributed by atoms with van der Waals surface area (Å²) in [5, 5.41) is 91.0. The Bertz CT molecular complexity index is 7300. The molecule has 1 aromatic heterocycles. The zero-order valence-corrected chi connectivity index (χ0v) is 40.2. The molecule has 0 amide bonds. The zero-order chi connectivity index (χ0) is 45.7. The van der Waals surface area contributed by atoms with Crippen molar-refractivity contribution in [2.45, 2.75) is 62.3 Å². The summed E-state index contributed by atoms with van der Waals surface area (Å²) < 4.78 is 0. The standard InChI is InChI=1S/C74H22N2/c1-2-3-4-5-6-9-14-74-71-65-59-49-37-29-21-17-15-16-19-23(21)31(37)41-35-27(19)28-20(16)24-22-18(15)26-25(17)33-39(29)47-53-43(33)44-34(26)40-30(22)38-32(24)42-36(28)46-45(35)57(51(41)59)67(71)68-58(46)52(42)60-50(38)56-48(40)54(44)62-61(53)69(63(65)55(47)49)73(74,70(62)64(56)66(60)72(68)74)12-76(14)13-8-7-10-75-11-13/h7-8,10-11,14H,2-6,9,12H2,1H3. The molecule has 29 aromatic rings. The lowest BCUT2D eigenvalue weighted by Crippen LogP contribution is -2.54. The number of nitrogens with zero attached hydrogens (tertiary/aromatic N) is 2. The number of anilines is 1. The van der Waals surface area contributed by atoms with Gasteiger partial charge in [-0.3, -0.25) is 4.98 Å². The van der Waals surface area contributed by atoms with E-state index in [4.69, 9.17) is 4.98 Å². The third kappa shape index (κ3) is 1.71. The van der Waals surface area contributed by atoms with Crippen molar-refractivity contribution >= 4 is 297 Å². The quantitative estimate of drug-likeness (QED) is 0.117. The second-order valence-corrected chi connectivity index (χ2v) is 28.0. The van der Waals surface area contributed by atoms with E-state index in [2.05, 4.69) is 30.2 Å². The van der Waals surface area contributed by atoms with Crippen LogP contribution < -0.4 is 4.90 Å². The Labute approximate surface area is 419 Å². The molecule has 34 rings (SSSR count). The van der Waals surface area contributed by atoms with Gasteiger partial charge in [-0.05, 0) is 332 Å². The van der Waals surface area contributed by atoms with Gasteiger partial charge in [0, 0.05) is 18.8 Å². The lowest BCUT2D eigenvalue weighted by Gasteiger charge is -2.52. The Kier molecular flexibility index (Phi) is 2.86. The number of hydrogen-bond acceptors (Lipinski definition) is 2. The van der Waals surface area contributed by atoms with Gasteiger partial charge in [0.05, 0.1) is 22.7 Å². The predicted octanol–water partition coefficient (Wildman–Crippen LogP) is 19.9. The summed E-state index contributed by atoms with van der Waals surface area (Å²) in [6.45, 7) is 3.41. The summed E-state index contributed by atoms with van der Waals surface area (Å²) in [6, 6.07) is 5.02. The summed E-state index contributed by atoms with van der Waals surface area (Å²) >= 11 is 0. The van der Waals surface area contributed by atoms with Crippen molar-refractivity contribution in [3.05, 3.63) is 46.8 Å². The molecular formula is C74H22N2. The maximum Gasteiger partial charge on any atom is 0.0586 e. The van der Waals surface area contributed by atoms with Gasteiger partial charge in [0.1, 0.15) is 0 Å². The Balaban J connectivity index is 1.07. The average molecular weight is 939 g/mol. The van der Waals surface area contributed by atoms with Crippen LogP contribution in [0, 0.1) is 0 Å². The highest BCUT2D eigenvalue weighted by Gasteiger charge is 2.76. The minimum Gasteiger partial charge on any atom is -0.365 e. The molecule has 0 N–H and O–H groups in total. The van der Waals surface area contributed by atoms with E-state index in [1.807, 2.05) is 17.3 Å². The monoisotopic (exact) mass is 938 g/mol. The van der Waals surface area contributed by atoms with Crippen molar-refractivity contribution in [2.24, 2.45) is 0 Å². The maximum atomic E-state index is 5.06. The topological polar surface area (TPSA) is 16.1 Å². The third-order valence-corrected chi connectivity index (χ3v) is 27.4. The predicted molar refractivity (Wildman–Crippen MR) is 323 cm³/mol. The number of hydrogen-bond donors (Lipinski definition) is 0. The molecule has 2 spiro atoms. The number of unbranched alkanes of at least 4 members (excludes halogenated alkanes) is 4. The summed E-state index contributed by atoms with van der Waals surface area (Å²) in [6.07, 6.45) is 12.0. The van der Waals surface area contributed by atoms with Gasteiger partial charge in [0.15, 0.2) is 0 Å². The summed E-state index contributed by atoms with van der Waals surface area (Å²) in [7, 11) is 0. The van der Waals surface area contributed by atoms with Crippen molar-refractivity contribution in [3.8, 4) is 0 Å². The summed E-state index contributed by atoms with van der Waals surface area (Å²) in [5.74, 6) is 0. The van der Waals surface area contributed by atoms with E-state index in [0.29, 0.717) is 0 Å². The van der Waals surface area contributed by atoms with Gasteiger partial charge in [0.25, 0.3) is 0 Å². The largest absolute Gasteiger partial charge is 0.365 e. The van der Waals surface area contributed by atoms with Crippen LogP contribution in [0.25, 0.3) is 291 Å². The summed E-state index contributed by atoms with van der Waals surface area (Å²) in [5.41, 5.74) is 8.04. The molecule has 2 nitrogen and oxygen atoms in total. The minimum absolute atomic E-state index is 0.262. The second-order valence-electron chi connectivity index (χ2n) is 28.0. The molecule has 0 saturated carbocycles.